The van der Waals surface area contributed by atoms with Gasteiger partial charge in [-0.05, 0) is 48.9 Å². The van der Waals surface area contributed by atoms with Gasteiger partial charge in [0.25, 0.3) is 0 Å². The van der Waals surface area contributed by atoms with Crippen molar-refractivity contribution in [3.05, 3.63) is 66.1 Å². The molecule has 0 aliphatic carbocycles. The fourth-order valence-corrected chi connectivity index (χ4v) is 2.82. The third kappa shape index (κ3) is 6.14. The number of aliphatic hydroxyl groups is 1. The van der Waals surface area contributed by atoms with Crippen molar-refractivity contribution in [1.82, 2.24) is 9.97 Å². The molecule has 3 N–H and O–H groups in total. The number of aliphatic hydroxyl groups excluding tert-OH is 1. The van der Waals surface area contributed by atoms with Crippen LogP contribution < -0.4 is 15.4 Å². The first kappa shape index (κ1) is 22.9. The van der Waals surface area contributed by atoms with E-state index in [1.165, 1.54) is 0 Å². The number of nitrogens with zero attached hydrogens (tertiary/aromatic N) is 3. The van der Waals surface area contributed by atoms with Gasteiger partial charge in [0.05, 0.1) is 30.9 Å². The Morgan fingerprint density at radius 3 is 2.62 bits per heavy atom. The first-order valence-electron chi connectivity index (χ1n) is 9.96. The highest BCUT2D eigenvalue weighted by Crippen LogP contribution is 2.26. The molecular formula is C23H24FN5O3. The van der Waals surface area contributed by atoms with Crippen LogP contribution in [0.3, 0.4) is 0 Å². The second kappa shape index (κ2) is 11.0. The van der Waals surface area contributed by atoms with Gasteiger partial charge in [-0.15, -0.1) is 0 Å². The molecule has 0 aliphatic rings. The fraction of sp³-hybridized carbons (Fsp3) is 0.261. The normalized spacial score (nSPS) is 12.5. The van der Waals surface area contributed by atoms with Crippen LogP contribution in [0.2, 0.25) is 0 Å². The first-order chi connectivity index (χ1) is 15.5. The zero-order chi connectivity index (χ0) is 22.9. The van der Waals surface area contributed by atoms with Crippen molar-refractivity contribution in [3.63, 3.8) is 0 Å². The molecule has 2 unspecified atom stereocenters. The largest absolute Gasteiger partial charge is 0.491 e. The Morgan fingerprint density at radius 1 is 1.12 bits per heavy atom. The molecule has 0 saturated heterocycles. The predicted octanol–water partition coefficient (Wildman–Crippen LogP) is 4.32. The molecule has 0 aliphatic heterocycles. The van der Waals surface area contributed by atoms with Crippen LogP contribution in [0.15, 0.2) is 54.7 Å². The van der Waals surface area contributed by atoms with Crippen molar-refractivity contribution in [2.45, 2.75) is 13.0 Å². The van der Waals surface area contributed by atoms with Crippen molar-refractivity contribution in [2.75, 3.05) is 31.0 Å². The third-order valence-corrected chi connectivity index (χ3v) is 4.58. The molecule has 0 amide bonds. The lowest BCUT2D eigenvalue weighted by Gasteiger charge is -2.15. The van der Waals surface area contributed by atoms with Crippen LogP contribution in [0.5, 0.6) is 5.75 Å². The number of rotatable bonds is 10. The van der Waals surface area contributed by atoms with Crippen molar-refractivity contribution in [2.24, 2.45) is 5.92 Å². The summed E-state index contributed by atoms with van der Waals surface area (Å²) in [5, 5.41) is 25.2. The fourth-order valence-electron chi connectivity index (χ4n) is 2.82. The highest BCUT2D eigenvalue weighted by Gasteiger charge is 2.16. The zero-order valence-electron chi connectivity index (χ0n) is 17.7. The van der Waals surface area contributed by atoms with E-state index < -0.39 is 17.8 Å². The second-order valence-electron chi connectivity index (χ2n) is 6.99. The zero-order valence-corrected chi connectivity index (χ0v) is 17.7. The summed E-state index contributed by atoms with van der Waals surface area (Å²) in [5.74, 6) is -0.330. The maximum absolute atomic E-state index is 14.3. The van der Waals surface area contributed by atoms with Crippen LogP contribution >= 0.6 is 0 Å². The summed E-state index contributed by atoms with van der Waals surface area (Å²) in [6, 6.07) is 16.0. The summed E-state index contributed by atoms with van der Waals surface area (Å²) in [4.78, 5) is 8.18. The molecule has 2 aromatic carbocycles. The SMILES string of the molecule is COCCOc1ccc(Nc2ncc(F)c(Nc3cccc(C(O)C(C)C#N)c3)n2)cc1. The Bertz CT molecular complexity index is 1070. The number of nitriles is 1. The van der Waals surface area contributed by atoms with Gasteiger partial charge in [0.15, 0.2) is 11.6 Å². The van der Waals surface area contributed by atoms with E-state index >= 15 is 0 Å². The molecule has 166 valence electrons. The summed E-state index contributed by atoms with van der Waals surface area (Å²) >= 11 is 0. The summed E-state index contributed by atoms with van der Waals surface area (Å²) in [6.45, 7) is 2.58. The molecule has 32 heavy (non-hydrogen) atoms. The number of hydrogen-bond acceptors (Lipinski definition) is 8. The molecule has 0 radical (unpaired) electrons. The minimum absolute atomic E-state index is 0.0259. The topological polar surface area (TPSA) is 112 Å². The van der Waals surface area contributed by atoms with Crippen molar-refractivity contribution >= 4 is 23.1 Å². The van der Waals surface area contributed by atoms with Gasteiger partial charge in [0.2, 0.25) is 5.95 Å². The smallest absolute Gasteiger partial charge is 0.229 e. The Labute approximate surface area is 185 Å². The van der Waals surface area contributed by atoms with Crippen LogP contribution in [0.25, 0.3) is 0 Å². The minimum atomic E-state index is -0.948. The van der Waals surface area contributed by atoms with E-state index in [0.29, 0.717) is 35.9 Å². The van der Waals surface area contributed by atoms with Crippen molar-refractivity contribution in [3.8, 4) is 11.8 Å². The Hall–Kier alpha value is -3.74. The molecule has 0 fully saturated rings. The third-order valence-electron chi connectivity index (χ3n) is 4.58. The highest BCUT2D eigenvalue weighted by atomic mass is 19.1. The lowest BCUT2D eigenvalue weighted by atomic mass is 9.98. The Balaban J connectivity index is 1.71. The number of ether oxygens (including phenoxy) is 2. The van der Waals surface area contributed by atoms with Gasteiger partial charge in [0.1, 0.15) is 12.4 Å². The Kier molecular flexibility index (Phi) is 7.91. The summed E-state index contributed by atoms with van der Waals surface area (Å²) in [6.07, 6.45) is 0.117. The van der Waals surface area contributed by atoms with E-state index in [1.807, 2.05) is 6.07 Å². The molecule has 3 aromatic rings. The van der Waals surface area contributed by atoms with Crippen LogP contribution in [-0.2, 0) is 4.74 Å². The molecular weight excluding hydrogens is 413 g/mol. The lowest BCUT2D eigenvalue weighted by Crippen LogP contribution is -2.08. The average Bonchev–Trinajstić information content (AvgIpc) is 2.81. The second-order valence-corrected chi connectivity index (χ2v) is 6.99. The Morgan fingerprint density at radius 2 is 1.91 bits per heavy atom. The number of hydrogen-bond donors (Lipinski definition) is 3. The molecule has 1 aromatic heterocycles. The monoisotopic (exact) mass is 437 g/mol. The lowest BCUT2D eigenvalue weighted by molar-refractivity contribution is 0.143. The van der Waals surface area contributed by atoms with Gasteiger partial charge in [-0.25, -0.2) is 9.37 Å². The highest BCUT2D eigenvalue weighted by molar-refractivity contribution is 5.61. The van der Waals surface area contributed by atoms with E-state index in [2.05, 4.69) is 20.6 Å². The number of aromatic nitrogens is 2. The first-order valence-corrected chi connectivity index (χ1v) is 9.96. The molecule has 8 nitrogen and oxygen atoms in total. The van der Waals surface area contributed by atoms with E-state index in [0.717, 1.165) is 6.20 Å². The molecule has 3 rings (SSSR count). The van der Waals surface area contributed by atoms with Gasteiger partial charge in [-0.1, -0.05) is 12.1 Å². The number of halogens is 1. The van der Waals surface area contributed by atoms with Gasteiger partial charge < -0.3 is 25.2 Å². The van der Waals surface area contributed by atoms with Gasteiger partial charge >= 0.3 is 0 Å². The van der Waals surface area contributed by atoms with E-state index in [1.54, 1.807) is 62.6 Å². The number of nitrogens with one attached hydrogen (secondary N) is 2. The predicted molar refractivity (Wildman–Crippen MR) is 119 cm³/mol. The van der Waals surface area contributed by atoms with Crippen LogP contribution in [0, 0.1) is 23.1 Å². The summed E-state index contributed by atoms with van der Waals surface area (Å²) in [7, 11) is 1.61. The van der Waals surface area contributed by atoms with E-state index in [9.17, 15) is 9.50 Å². The molecule has 0 spiro atoms. The van der Waals surface area contributed by atoms with E-state index in [4.69, 9.17) is 14.7 Å². The minimum Gasteiger partial charge on any atom is -0.491 e. The van der Waals surface area contributed by atoms with Gasteiger partial charge in [0, 0.05) is 18.5 Å². The van der Waals surface area contributed by atoms with Gasteiger partial charge in [-0.2, -0.15) is 10.2 Å². The average molecular weight is 437 g/mol. The van der Waals surface area contributed by atoms with Crippen LogP contribution in [-0.4, -0.2) is 35.4 Å². The van der Waals surface area contributed by atoms with Crippen LogP contribution in [0.4, 0.5) is 27.5 Å². The number of methoxy groups -OCH3 is 1. The molecule has 0 bridgehead atoms. The number of anilines is 4. The molecule has 1 heterocycles. The van der Waals surface area contributed by atoms with Crippen LogP contribution in [0.1, 0.15) is 18.6 Å². The summed E-state index contributed by atoms with van der Waals surface area (Å²) < 4.78 is 24.8. The van der Waals surface area contributed by atoms with Gasteiger partial charge in [-0.3, -0.25) is 0 Å². The maximum Gasteiger partial charge on any atom is 0.229 e. The van der Waals surface area contributed by atoms with Crippen molar-refractivity contribution in [1.29, 1.82) is 5.26 Å². The quantitative estimate of drug-likeness (QED) is 0.402. The molecule has 2 atom stereocenters. The van der Waals surface area contributed by atoms with E-state index in [-0.39, 0.29) is 11.8 Å². The molecule has 0 saturated carbocycles. The molecule has 9 heteroatoms. The summed E-state index contributed by atoms with van der Waals surface area (Å²) in [5.41, 5.74) is 1.77. The standard InChI is InChI=1S/C23H24FN5O3/c1-15(13-25)21(30)16-4-3-5-18(12-16)27-22-20(24)14-26-23(29-22)28-17-6-8-19(9-7-17)32-11-10-31-2/h3-9,12,14-15,21,30H,10-11H2,1-2H3,(H2,26,27,28,29). The maximum atomic E-state index is 14.3. The van der Waals surface area contributed by atoms with Crippen molar-refractivity contribution < 1.29 is 19.0 Å². The number of benzene rings is 2.